The molecule has 4 heterocycles. The third-order valence-corrected chi connectivity index (χ3v) is 6.32. The van der Waals surface area contributed by atoms with Gasteiger partial charge in [-0.25, -0.2) is 5.01 Å². The van der Waals surface area contributed by atoms with Gasteiger partial charge in [-0.05, 0) is 29.6 Å². The van der Waals surface area contributed by atoms with Gasteiger partial charge in [0, 0.05) is 23.7 Å². The molecule has 26 heavy (non-hydrogen) atoms. The summed E-state index contributed by atoms with van der Waals surface area (Å²) in [7, 11) is 0. The minimum Gasteiger partial charge on any atom is -0.467 e. The van der Waals surface area contributed by atoms with Crippen molar-refractivity contribution in [3.8, 4) is 0 Å². The van der Waals surface area contributed by atoms with E-state index in [1.807, 2.05) is 29.6 Å². The van der Waals surface area contributed by atoms with E-state index in [1.165, 1.54) is 16.8 Å². The number of carbonyl (C=O) groups is 1. The predicted molar refractivity (Wildman–Crippen MR) is 104 cm³/mol. The van der Waals surface area contributed by atoms with E-state index in [0.717, 1.165) is 21.2 Å². The molecule has 1 atom stereocenters. The first-order valence-electron chi connectivity index (χ1n) is 7.91. The maximum absolute atomic E-state index is 12.9. The molecule has 1 aliphatic rings. The fourth-order valence-electron chi connectivity index (χ4n) is 2.72. The molecule has 0 fully saturated rings. The number of pyridine rings is 1. The fourth-order valence-corrected chi connectivity index (χ4v) is 4.48. The van der Waals surface area contributed by atoms with E-state index in [2.05, 4.69) is 10.1 Å². The molecule has 5 nitrogen and oxygen atoms in total. The van der Waals surface area contributed by atoms with Gasteiger partial charge in [0.25, 0.3) is 5.91 Å². The molecule has 1 unspecified atom stereocenters. The Kier molecular flexibility index (Phi) is 5.10. The van der Waals surface area contributed by atoms with Crippen LogP contribution in [0.5, 0.6) is 0 Å². The van der Waals surface area contributed by atoms with Crippen molar-refractivity contribution in [2.45, 2.75) is 17.4 Å². The van der Waals surface area contributed by atoms with E-state index in [4.69, 9.17) is 16.0 Å². The topological polar surface area (TPSA) is 58.7 Å². The second-order valence-electron chi connectivity index (χ2n) is 5.59. The Labute approximate surface area is 163 Å². The first kappa shape index (κ1) is 17.3. The summed E-state index contributed by atoms with van der Waals surface area (Å²) in [6.45, 7) is 0. The lowest BCUT2D eigenvalue weighted by molar-refractivity contribution is -0.130. The Bertz CT molecular complexity index is 926. The Balaban J connectivity index is 1.54. The van der Waals surface area contributed by atoms with E-state index in [0.29, 0.717) is 11.4 Å². The van der Waals surface area contributed by atoms with Crippen LogP contribution >= 0.6 is 34.7 Å². The highest BCUT2D eigenvalue weighted by atomic mass is 35.5. The number of halogens is 1. The highest BCUT2D eigenvalue weighted by molar-refractivity contribution is 8.00. The number of hydrogen-bond acceptors (Lipinski definition) is 6. The summed E-state index contributed by atoms with van der Waals surface area (Å²) < 4.78 is 5.55. The molecule has 0 radical (unpaired) electrons. The van der Waals surface area contributed by atoms with Crippen LogP contribution in [0.15, 0.2) is 68.8 Å². The van der Waals surface area contributed by atoms with Crippen molar-refractivity contribution in [1.82, 2.24) is 9.99 Å². The number of aromatic nitrogens is 1. The highest BCUT2D eigenvalue weighted by Gasteiger charge is 2.35. The molecule has 8 heteroatoms. The largest absolute Gasteiger partial charge is 0.467 e. The van der Waals surface area contributed by atoms with Gasteiger partial charge in [-0.2, -0.15) is 5.10 Å². The molecule has 0 N–H and O–H groups in total. The van der Waals surface area contributed by atoms with Crippen LogP contribution in [0, 0.1) is 0 Å². The Hall–Kier alpha value is -2.09. The van der Waals surface area contributed by atoms with Crippen molar-refractivity contribution in [2.75, 3.05) is 5.75 Å². The zero-order valence-corrected chi connectivity index (χ0v) is 15.9. The third-order valence-electron chi connectivity index (χ3n) is 3.93. The first-order valence-corrected chi connectivity index (χ1v) is 10.2. The lowest BCUT2D eigenvalue weighted by Crippen LogP contribution is -2.28. The average molecular weight is 404 g/mol. The molecule has 1 aliphatic heterocycles. The second kappa shape index (κ2) is 7.65. The van der Waals surface area contributed by atoms with E-state index < -0.39 is 0 Å². The summed E-state index contributed by atoms with van der Waals surface area (Å²) in [4.78, 5) is 18.7. The predicted octanol–water partition coefficient (Wildman–Crippen LogP) is 4.86. The van der Waals surface area contributed by atoms with Gasteiger partial charge in [0.05, 0.1) is 27.6 Å². The van der Waals surface area contributed by atoms with Gasteiger partial charge in [-0.15, -0.1) is 23.1 Å². The van der Waals surface area contributed by atoms with Crippen molar-refractivity contribution in [3.05, 3.63) is 70.0 Å². The van der Waals surface area contributed by atoms with E-state index in [1.54, 1.807) is 36.1 Å². The first-order chi connectivity index (χ1) is 12.7. The molecule has 0 bridgehead atoms. The summed E-state index contributed by atoms with van der Waals surface area (Å²) in [6.07, 6.45) is 5.49. The summed E-state index contributed by atoms with van der Waals surface area (Å²) in [5.41, 5.74) is 0.904. The van der Waals surface area contributed by atoms with Crippen LogP contribution in [-0.2, 0) is 4.79 Å². The van der Waals surface area contributed by atoms with Crippen LogP contribution in [0.1, 0.15) is 23.1 Å². The van der Waals surface area contributed by atoms with E-state index in [9.17, 15) is 4.79 Å². The molecule has 0 aromatic carbocycles. The number of amides is 1. The smallest absolute Gasteiger partial charge is 0.253 e. The van der Waals surface area contributed by atoms with Gasteiger partial charge in [0.15, 0.2) is 0 Å². The molecular formula is C18H14ClN3O2S2. The van der Waals surface area contributed by atoms with Gasteiger partial charge in [-0.3, -0.25) is 9.78 Å². The zero-order valence-electron chi connectivity index (χ0n) is 13.5. The monoisotopic (exact) mass is 403 g/mol. The molecule has 0 saturated carbocycles. The summed E-state index contributed by atoms with van der Waals surface area (Å²) in [5, 5.41) is 8.68. The van der Waals surface area contributed by atoms with Gasteiger partial charge in [0.2, 0.25) is 0 Å². The standard InChI is InChI=1S/C18H14ClN3O2S2/c19-12-10-20-6-5-16(12)26-11-18(23)22-14(15-3-1-7-24-15)9-13(21-22)17-4-2-8-25-17/h1-8,10,14H,9,11H2. The van der Waals surface area contributed by atoms with Crippen molar-refractivity contribution in [1.29, 1.82) is 0 Å². The SMILES string of the molecule is O=C(CSc1ccncc1Cl)N1N=C(c2cccs2)CC1c1ccco1. The molecule has 132 valence electrons. The van der Waals surface area contributed by atoms with Crippen LogP contribution < -0.4 is 0 Å². The number of carbonyl (C=O) groups excluding carboxylic acids is 1. The Morgan fingerprint density at radius 1 is 1.38 bits per heavy atom. The van der Waals surface area contributed by atoms with E-state index in [-0.39, 0.29) is 17.7 Å². The summed E-state index contributed by atoms with van der Waals surface area (Å²) in [6, 6.07) is 9.28. The van der Waals surface area contributed by atoms with Crippen LogP contribution in [0.2, 0.25) is 5.02 Å². The minimum absolute atomic E-state index is 0.0872. The van der Waals surface area contributed by atoms with Crippen LogP contribution in [0.25, 0.3) is 0 Å². The maximum atomic E-state index is 12.9. The van der Waals surface area contributed by atoms with Gasteiger partial charge in [-0.1, -0.05) is 17.7 Å². The average Bonchev–Trinajstić information content (AvgIpc) is 3.41. The molecule has 0 aliphatic carbocycles. The number of hydrazone groups is 1. The van der Waals surface area contributed by atoms with Crippen molar-refractivity contribution in [3.63, 3.8) is 0 Å². The van der Waals surface area contributed by atoms with Crippen LogP contribution in [-0.4, -0.2) is 27.4 Å². The number of rotatable bonds is 5. The maximum Gasteiger partial charge on any atom is 0.253 e. The minimum atomic E-state index is -0.219. The zero-order chi connectivity index (χ0) is 17.9. The number of nitrogens with zero attached hydrogens (tertiary/aromatic N) is 3. The third kappa shape index (κ3) is 3.56. The Morgan fingerprint density at radius 2 is 2.31 bits per heavy atom. The number of hydrogen-bond donors (Lipinski definition) is 0. The normalized spacial score (nSPS) is 16.7. The number of furan rings is 1. The summed E-state index contributed by atoms with van der Waals surface area (Å²) in [5.74, 6) is 0.888. The fraction of sp³-hybridized carbons (Fsp3) is 0.167. The van der Waals surface area contributed by atoms with Crippen LogP contribution in [0.3, 0.4) is 0 Å². The van der Waals surface area contributed by atoms with Crippen LogP contribution in [0.4, 0.5) is 0 Å². The summed E-state index contributed by atoms with van der Waals surface area (Å²) >= 11 is 9.11. The van der Waals surface area contributed by atoms with Gasteiger partial charge >= 0.3 is 0 Å². The number of thioether (sulfide) groups is 1. The van der Waals surface area contributed by atoms with Crippen molar-refractivity contribution >= 4 is 46.3 Å². The molecule has 0 saturated heterocycles. The van der Waals surface area contributed by atoms with Crippen molar-refractivity contribution in [2.24, 2.45) is 5.10 Å². The molecule has 4 rings (SSSR count). The second-order valence-corrected chi connectivity index (χ2v) is 7.96. The molecule has 3 aromatic heterocycles. The lowest BCUT2D eigenvalue weighted by Gasteiger charge is -2.19. The molecule has 1 amide bonds. The van der Waals surface area contributed by atoms with Gasteiger partial charge < -0.3 is 4.42 Å². The Morgan fingerprint density at radius 3 is 3.04 bits per heavy atom. The van der Waals surface area contributed by atoms with Crippen molar-refractivity contribution < 1.29 is 9.21 Å². The lowest BCUT2D eigenvalue weighted by atomic mass is 10.1. The quantitative estimate of drug-likeness (QED) is 0.571. The molecule has 3 aromatic rings. The molecular weight excluding hydrogens is 390 g/mol. The number of thiophene rings is 1. The van der Waals surface area contributed by atoms with Gasteiger partial charge in [0.1, 0.15) is 11.8 Å². The van der Waals surface area contributed by atoms with E-state index >= 15 is 0 Å². The highest BCUT2D eigenvalue weighted by Crippen LogP contribution is 2.35. The molecule has 0 spiro atoms.